The van der Waals surface area contributed by atoms with E-state index in [0.717, 1.165) is 32.1 Å². The summed E-state index contributed by atoms with van der Waals surface area (Å²) in [6.45, 7) is 3.97. The lowest BCUT2D eigenvalue weighted by molar-refractivity contribution is -0.181. The Balaban J connectivity index is 2.05. The van der Waals surface area contributed by atoms with Crippen LogP contribution in [0.4, 0.5) is 0 Å². The molecule has 4 aliphatic rings. The number of hydrogen-bond donors (Lipinski definition) is 2. The summed E-state index contributed by atoms with van der Waals surface area (Å²) in [5, 5.41) is 19.3. The molecule has 20 heavy (non-hydrogen) atoms. The molecule has 5 nitrogen and oxygen atoms in total. The Hall–Kier alpha value is -1.10. The molecule has 4 rings (SSSR count). The zero-order chi connectivity index (χ0) is 14.7. The molecule has 6 unspecified atom stereocenters. The fourth-order valence-electron chi connectivity index (χ4n) is 4.96. The zero-order valence-electron chi connectivity index (χ0n) is 12.0. The number of aliphatic carboxylic acids is 2. The maximum absolute atomic E-state index is 11.8. The number of ether oxygens (including phenoxy) is 1. The minimum atomic E-state index is -0.977. The van der Waals surface area contributed by atoms with Gasteiger partial charge in [-0.05, 0) is 19.3 Å². The molecule has 3 aliphatic carbocycles. The molecule has 1 saturated heterocycles. The van der Waals surface area contributed by atoms with Gasteiger partial charge in [-0.25, -0.2) is 0 Å². The molecular formula is C15H22O5. The van der Waals surface area contributed by atoms with Crippen molar-refractivity contribution in [2.45, 2.75) is 58.2 Å². The molecule has 112 valence electrons. The van der Waals surface area contributed by atoms with Gasteiger partial charge in [-0.2, -0.15) is 0 Å². The molecule has 0 radical (unpaired) electrons. The lowest BCUT2D eigenvalue weighted by Crippen LogP contribution is -2.62. The van der Waals surface area contributed by atoms with E-state index in [1.54, 1.807) is 0 Å². The van der Waals surface area contributed by atoms with Gasteiger partial charge in [0.15, 0.2) is 0 Å². The maximum atomic E-state index is 11.8. The number of carbonyl (C=O) groups is 2. The summed E-state index contributed by atoms with van der Waals surface area (Å²) in [6.07, 6.45) is 4.14. The van der Waals surface area contributed by atoms with E-state index >= 15 is 0 Å². The molecule has 4 fully saturated rings. The number of carboxylic acid groups (broad SMARTS) is 2. The van der Waals surface area contributed by atoms with Crippen LogP contribution in [0.25, 0.3) is 0 Å². The van der Waals surface area contributed by atoms with Crippen molar-refractivity contribution in [2.24, 2.45) is 22.7 Å². The highest BCUT2D eigenvalue weighted by molar-refractivity contribution is 5.83. The van der Waals surface area contributed by atoms with Gasteiger partial charge in [0.05, 0.1) is 24.0 Å². The molecule has 1 heterocycles. The van der Waals surface area contributed by atoms with Crippen molar-refractivity contribution in [1.82, 2.24) is 0 Å². The molecule has 5 heteroatoms. The van der Waals surface area contributed by atoms with Gasteiger partial charge in [0.1, 0.15) is 0 Å². The topological polar surface area (TPSA) is 87.1 Å². The Morgan fingerprint density at radius 1 is 1.15 bits per heavy atom. The van der Waals surface area contributed by atoms with Crippen LogP contribution in [0.2, 0.25) is 0 Å². The summed E-state index contributed by atoms with van der Waals surface area (Å²) in [6, 6.07) is 0. The SMILES string of the molecule is CCCCC12CCC(C)(C3OC31)C(C(=O)O)C2C(=O)O. The predicted molar refractivity (Wildman–Crippen MR) is 70.2 cm³/mol. The van der Waals surface area contributed by atoms with Crippen LogP contribution < -0.4 is 0 Å². The lowest BCUT2D eigenvalue weighted by Gasteiger charge is -2.56. The average molecular weight is 282 g/mol. The average Bonchev–Trinajstić information content (AvgIpc) is 3.18. The molecule has 0 aromatic heterocycles. The monoisotopic (exact) mass is 282 g/mol. The van der Waals surface area contributed by atoms with Crippen LogP contribution in [0.3, 0.4) is 0 Å². The summed E-state index contributed by atoms with van der Waals surface area (Å²) in [5.41, 5.74) is -0.985. The first-order valence-corrected chi connectivity index (χ1v) is 7.49. The summed E-state index contributed by atoms with van der Waals surface area (Å²) >= 11 is 0. The van der Waals surface area contributed by atoms with Crippen molar-refractivity contribution in [3.8, 4) is 0 Å². The van der Waals surface area contributed by atoms with E-state index in [9.17, 15) is 19.8 Å². The highest BCUT2D eigenvalue weighted by Crippen LogP contribution is 2.71. The Morgan fingerprint density at radius 3 is 2.35 bits per heavy atom. The van der Waals surface area contributed by atoms with Crippen LogP contribution >= 0.6 is 0 Å². The van der Waals surface area contributed by atoms with Gasteiger partial charge in [0.25, 0.3) is 0 Å². The van der Waals surface area contributed by atoms with Gasteiger partial charge < -0.3 is 14.9 Å². The molecule has 0 spiro atoms. The molecule has 6 atom stereocenters. The number of unbranched alkanes of at least 4 members (excludes halogenated alkanes) is 1. The zero-order valence-corrected chi connectivity index (χ0v) is 12.0. The summed E-state index contributed by atoms with van der Waals surface area (Å²) < 4.78 is 5.80. The third-order valence-electron chi connectivity index (χ3n) is 6.03. The molecule has 0 aromatic rings. The van der Waals surface area contributed by atoms with E-state index in [1.165, 1.54) is 0 Å². The van der Waals surface area contributed by atoms with Crippen molar-refractivity contribution in [3.05, 3.63) is 0 Å². The van der Waals surface area contributed by atoms with Crippen LogP contribution in [0.15, 0.2) is 0 Å². The third-order valence-corrected chi connectivity index (χ3v) is 6.03. The van der Waals surface area contributed by atoms with Gasteiger partial charge >= 0.3 is 11.9 Å². The minimum Gasteiger partial charge on any atom is -0.481 e. The molecule has 2 bridgehead atoms. The molecule has 1 aliphatic heterocycles. The smallest absolute Gasteiger partial charge is 0.308 e. The van der Waals surface area contributed by atoms with Gasteiger partial charge in [-0.15, -0.1) is 0 Å². The third kappa shape index (κ3) is 1.53. The summed E-state index contributed by atoms with van der Waals surface area (Å²) in [5.74, 6) is -3.58. The van der Waals surface area contributed by atoms with Crippen LogP contribution in [0, 0.1) is 22.7 Å². The van der Waals surface area contributed by atoms with Crippen molar-refractivity contribution < 1.29 is 24.5 Å². The minimum absolute atomic E-state index is 0.0375. The molecule has 0 amide bonds. The number of carboxylic acids is 2. The first kappa shape index (κ1) is 13.9. The molecule has 0 aromatic carbocycles. The Labute approximate surface area is 118 Å². The molecule has 3 saturated carbocycles. The number of fused-ring (bicyclic) bond motifs is 2. The van der Waals surface area contributed by atoms with Crippen molar-refractivity contribution in [1.29, 1.82) is 0 Å². The normalized spacial score (nSPS) is 48.7. The van der Waals surface area contributed by atoms with Crippen molar-refractivity contribution >= 4 is 11.9 Å². The second-order valence-corrected chi connectivity index (χ2v) is 6.95. The van der Waals surface area contributed by atoms with E-state index in [4.69, 9.17) is 4.74 Å². The van der Waals surface area contributed by atoms with Gasteiger partial charge in [0, 0.05) is 10.8 Å². The fourth-order valence-corrected chi connectivity index (χ4v) is 4.96. The second-order valence-electron chi connectivity index (χ2n) is 6.95. The van der Waals surface area contributed by atoms with Crippen LogP contribution in [-0.4, -0.2) is 34.4 Å². The van der Waals surface area contributed by atoms with Crippen molar-refractivity contribution in [2.75, 3.05) is 0 Å². The summed E-state index contributed by atoms with van der Waals surface area (Å²) in [4.78, 5) is 23.5. The van der Waals surface area contributed by atoms with Crippen LogP contribution in [0.5, 0.6) is 0 Å². The highest BCUT2D eigenvalue weighted by atomic mass is 16.6. The summed E-state index contributed by atoms with van der Waals surface area (Å²) in [7, 11) is 0. The van der Waals surface area contributed by atoms with E-state index in [2.05, 4.69) is 6.92 Å². The first-order valence-electron chi connectivity index (χ1n) is 7.49. The van der Waals surface area contributed by atoms with E-state index in [-0.39, 0.29) is 12.2 Å². The van der Waals surface area contributed by atoms with E-state index < -0.39 is 34.6 Å². The van der Waals surface area contributed by atoms with E-state index in [1.807, 2.05) is 6.92 Å². The maximum Gasteiger partial charge on any atom is 0.308 e. The van der Waals surface area contributed by atoms with Gasteiger partial charge in [0.2, 0.25) is 0 Å². The van der Waals surface area contributed by atoms with E-state index in [0.29, 0.717) is 0 Å². The Kier molecular flexibility index (Phi) is 2.91. The van der Waals surface area contributed by atoms with Gasteiger partial charge in [-0.1, -0.05) is 26.7 Å². The standard InChI is InChI=1S/C15H22O5/c1-3-4-5-15-7-6-14(2,10-11(15)20-10)8(12(16)17)9(15)13(18)19/h8-11H,3-7H2,1-2H3,(H,16,17)(H,18,19). The van der Waals surface area contributed by atoms with Crippen LogP contribution in [-0.2, 0) is 14.3 Å². The highest BCUT2D eigenvalue weighted by Gasteiger charge is 2.77. The Morgan fingerprint density at radius 2 is 1.80 bits per heavy atom. The lowest BCUT2D eigenvalue weighted by atomic mass is 9.44. The van der Waals surface area contributed by atoms with Crippen LogP contribution in [0.1, 0.15) is 46.0 Å². The largest absolute Gasteiger partial charge is 0.481 e. The Bertz CT molecular complexity index is 457. The van der Waals surface area contributed by atoms with Crippen molar-refractivity contribution in [3.63, 3.8) is 0 Å². The molecular weight excluding hydrogens is 260 g/mol. The fraction of sp³-hybridized carbons (Fsp3) is 0.867. The predicted octanol–water partition coefficient (Wildman–Crippen LogP) is 2.15. The second kappa shape index (κ2) is 4.20. The number of hydrogen-bond acceptors (Lipinski definition) is 3. The quantitative estimate of drug-likeness (QED) is 0.754. The number of epoxide rings is 1. The van der Waals surface area contributed by atoms with Gasteiger partial charge in [-0.3, -0.25) is 9.59 Å². The first-order chi connectivity index (χ1) is 9.38. The molecule has 2 N–H and O–H groups in total. The number of rotatable bonds is 5.